The van der Waals surface area contributed by atoms with Crippen LogP contribution < -0.4 is 5.56 Å². The molecular weight excluding hydrogens is 292 g/mol. The zero-order chi connectivity index (χ0) is 12.7. The topological polar surface area (TPSA) is 26.9 Å². The van der Waals surface area contributed by atoms with Crippen LogP contribution in [0.5, 0.6) is 0 Å². The molecule has 0 bridgehead atoms. The van der Waals surface area contributed by atoms with Gasteiger partial charge in [0.25, 0.3) is 5.56 Å². The van der Waals surface area contributed by atoms with Gasteiger partial charge in [-0.25, -0.2) is 4.68 Å². The first-order valence-corrected chi connectivity index (χ1v) is 7.28. The van der Waals surface area contributed by atoms with Gasteiger partial charge in [0.1, 0.15) is 0 Å². The summed E-state index contributed by atoms with van der Waals surface area (Å²) >= 11 is 3.50. The highest BCUT2D eigenvalue weighted by Gasteiger charge is 2.32. The molecule has 0 atom stereocenters. The summed E-state index contributed by atoms with van der Waals surface area (Å²) < 4.78 is 3.74. The lowest BCUT2D eigenvalue weighted by Crippen LogP contribution is -2.20. The van der Waals surface area contributed by atoms with E-state index in [1.165, 1.54) is 0 Å². The first-order valence-electron chi connectivity index (χ1n) is 6.16. The zero-order valence-corrected chi connectivity index (χ0v) is 11.9. The van der Waals surface area contributed by atoms with Gasteiger partial charge in [0.05, 0.1) is 11.4 Å². The molecule has 1 aliphatic rings. The van der Waals surface area contributed by atoms with E-state index in [9.17, 15) is 4.79 Å². The molecular formula is C14H15BrN2O. The summed E-state index contributed by atoms with van der Waals surface area (Å²) in [6.07, 6.45) is 2.29. The number of rotatable bonds is 3. The Labute approximate surface area is 114 Å². The Hall–Kier alpha value is -1.29. The molecule has 0 saturated heterocycles. The van der Waals surface area contributed by atoms with Crippen molar-refractivity contribution in [1.29, 1.82) is 0 Å². The fourth-order valence-electron chi connectivity index (χ4n) is 2.47. The normalized spacial score (nSPS) is 15.0. The lowest BCUT2D eigenvalue weighted by Gasteiger charge is -2.08. The van der Waals surface area contributed by atoms with Gasteiger partial charge in [0, 0.05) is 17.9 Å². The number of benzene rings is 1. The molecule has 0 spiro atoms. The van der Waals surface area contributed by atoms with E-state index in [0.717, 1.165) is 35.1 Å². The molecule has 4 heteroatoms. The van der Waals surface area contributed by atoms with Crippen LogP contribution in [0.2, 0.25) is 0 Å². The van der Waals surface area contributed by atoms with Crippen molar-refractivity contribution in [3.63, 3.8) is 0 Å². The summed E-state index contributed by atoms with van der Waals surface area (Å²) in [6, 6.07) is 9.82. The van der Waals surface area contributed by atoms with Gasteiger partial charge in [-0.15, -0.1) is 0 Å². The summed E-state index contributed by atoms with van der Waals surface area (Å²) in [7, 11) is 1.96. The van der Waals surface area contributed by atoms with Gasteiger partial charge >= 0.3 is 0 Å². The Kier molecular flexibility index (Phi) is 2.90. The molecule has 1 aromatic carbocycles. The van der Waals surface area contributed by atoms with E-state index in [2.05, 4.69) is 15.9 Å². The second kappa shape index (κ2) is 4.43. The second-order valence-electron chi connectivity index (χ2n) is 4.74. The Morgan fingerprint density at radius 2 is 1.94 bits per heavy atom. The molecule has 1 heterocycles. The zero-order valence-electron chi connectivity index (χ0n) is 10.3. The summed E-state index contributed by atoms with van der Waals surface area (Å²) in [6.45, 7) is 0. The van der Waals surface area contributed by atoms with Gasteiger partial charge in [-0.3, -0.25) is 9.48 Å². The minimum absolute atomic E-state index is 0.139. The molecule has 18 heavy (non-hydrogen) atoms. The van der Waals surface area contributed by atoms with Gasteiger partial charge in [0.2, 0.25) is 0 Å². The van der Waals surface area contributed by atoms with Crippen LogP contribution in [0.3, 0.4) is 0 Å². The maximum Gasteiger partial charge on any atom is 0.275 e. The molecule has 1 aliphatic carbocycles. The van der Waals surface area contributed by atoms with Crippen LogP contribution in [0, 0.1) is 0 Å². The number of aromatic nitrogens is 2. The average Bonchev–Trinajstić information content (AvgIpc) is 3.17. The molecule has 1 saturated carbocycles. The van der Waals surface area contributed by atoms with Crippen molar-refractivity contribution in [2.75, 3.05) is 0 Å². The summed E-state index contributed by atoms with van der Waals surface area (Å²) in [5.41, 5.74) is 3.17. The summed E-state index contributed by atoms with van der Waals surface area (Å²) in [5.74, 6) is 0.473. The van der Waals surface area contributed by atoms with Gasteiger partial charge in [-0.1, -0.05) is 34.1 Å². The van der Waals surface area contributed by atoms with E-state index in [1.54, 1.807) is 4.68 Å². The monoisotopic (exact) mass is 306 g/mol. The van der Waals surface area contributed by atoms with Crippen molar-refractivity contribution in [3.8, 4) is 5.69 Å². The van der Waals surface area contributed by atoms with E-state index >= 15 is 0 Å². The quantitative estimate of drug-likeness (QED) is 0.801. The second-order valence-corrected chi connectivity index (χ2v) is 5.31. The largest absolute Gasteiger partial charge is 0.284 e. The highest BCUT2D eigenvalue weighted by Crippen LogP contribution is 2.40. The maximum atomic E-state index is 12.6. The standard InChI is InChI=1S/C14H15BrN2O/c1-16-12(9-15)13(10-7-8-10)14(18)17(16)11-5-3-2-4-6-11/h2-6,10H,7-9H2,1H3. The first kappa shape index (κ1) is 11.8. The molecule has 3 rings (SSSR count). The molecule has 0 N–H and O–H groups in total. The Balaban J connectivity index is 2.24. The maximum absolute atomic E-state index is 12.6. The van der Waals surface area contributed by atoms with Crippen molar-refractivity contribution in [2.45, 2.75) is 24.1 Å². The van der Waals surface area contributed by atoms with Crippen LogP contribution in [-0.4, -0.2) is 9.36 Å². The van der Waals surface area contributed by atoms with Gasteiger partial charge in [-0.05, 0) is 30.9 Å². The Bertz CT molecular complexity index is 623. The van der Waals surface area contributed by atoms with E-state index < -0.39 is 0 Å². The lowest BCUT2D eigenvalue weighted by atomic mass is 10.2. The average molecular weight is 307 g/mol. The van der Waals surface area contributed by atoms with E-state index in [0.29, 0.717) is 5.92 Å². The molecule has 2 aromatic rings. The van der Waals surface area contributed by atoms with Crippen molar-refractivity contribution in [3.05, 3.63) is 51.9 Å². The molecule has 0 aliphatic heterocycles. The minimum Gasteiger partial charge on any atom is -0.284 e. The van der Waals surface area contributed by atoms with Crippen LogP contribution in [0.4, 0.5) is 0 Å². The summed E-state index contributed by atoms with van der Waals surface area (Å²) in [4.78, 5) is 12.6. The molecule has 0 unspecified atom stereocenters. The first-order chi connectivity index (χ1) is 8.74. The molecule has 0 radical (unpaired) electrons. The molecule has 0 amide bonds. The SMILES string of the molecule is Cn1c(CBr)c(C2CC2)c(=O)n1-c1ccccc1. The van der Waals surface area contributed by atoms with Crippen molar-refractivity contribution in [2.24, 2.45) is 7.05 Å². The van der Waals surface area contributed by atoms with Gasteiger partial charge in [-0.2, -0.15) is 0 Å². The van der Waals surface area contributed by atoms with Crippen LogP contribution >= 0.6 is 15.9 Å². The third-order valence-corrected chi connectivity index (χ3v) is 4.07. The smallest absolute Gasteiger partial charge is 0.275 e. The highest BCUT2D eigenvalue weighted by atomic mass is 79.9. The third-order valence-electron chi connectivity index (χ3n) is 3.54. The number of nitrogens with zero attached hydrogens (tertiary/aromatic N) is 2. The third kappa shape index (κ3) is 1.75. The molecule has 3 nitrogen and oxygen atoms in total. The van der Waals surface area contributed by atoms with E-state index in [-0.39, 0.29) is 5.56 Å². The summed E-state index contributed by atoms with van der Waals surface area (Å²) in [5, 5.41) is 0.727. The number of alkyl halides is 1. The molecule has 1 fully saturated rings. The molecule has 94 valence electrons. The van der Waals surface area contributed by atoms with Crippen LogP contribution in [0.25, 0.3) is 5.69 Å². The Morgan fingerprint density at radius 3 is 2.50 bits per heavy atom. The van der Waals surface area contributed by atoms with Crippen LogP contribution in [-0.2, 0) is 12.4 Å². The number of halogens is 1. The van der Waals surface area contributed by atoms with Crippen LogP contribution in [0.1, 0.15) is 30.0 Å². The fraction of sp³-hybridized carbons (Fsp3) is 0.357. The van der Waals surface area contributed by atoms with E-state index in [4.69, 9.17) is 0 Å². The fourth-order valence-corrected chi connectivity index (χ4v) is 3.13. The number of hydrogen-bond donors (Lipinski definition) is 0. The van der Waals surface area contributed by atoms with Crippen molar-refractivity contribution in [1.82, 2.24) is 9.36 Å². The van der Waals surface area contributed by atoms with Gasteiger partial charge in [0.15, 0.2) is 0 Å². The predicted octanol–water partition coefficient (Wildman–Crippen LogP) is 2.95. The van der Waals surface area contributed by atoms with E-state index in [1.807, 2.05) is 42.1 Å². The lowest BCUT2D eigenvalue weighted by molar-refractivity contribution is 0.628. The highest BCUT2D eigenvalue weighted by molar-refractivity contribution is 9.08. The van der Waals surface area contributed by atoms with Crippen LogP contribution in [0.15, 0.2) is 35.1 Å². The minimum atomic E-state index is 0.139. The van der Waals surface area contributed by atoms with Gasteiger partial charge < -0.3 is 0 Å². The Morgan fingerprint density at radius 1 is 1.28 bits per heavy atom. The van der Waals surface area contributed by atoms with Crippen molar-refractivity contribution < 1.29 is 0 Å². The predicted molar refractivity (Wildman–Crippen MR) is 75.6 cm³/mol. The van der Waals surface area contributed by atoms with Crippen molar-refractivity contribution >= 4 is 15.9 Å². The number of para-hydroxylation sites is 1. The number of hydrogen-bond acceptors (Lipinski definition) is 1. The molecule has 1 aromatic heterocycles.